The largest absolute Gasteiger partial charge is 0.398 e. The Balaban J connectivity index is 3.50. The maximum Gasteiger partial charge on any atom is 0.265 e. The van der Waals surface area contributed by atoms with Crippen molar-refractivity contribution in [1.82, 2.24) is 0 Å². The number of benzene rings is 1. The van der Waals surface area contributed by atoms with Gasteiger partial charge in [0.05, 0.1) is 5.56 Å². The normalized spacial score (nSPS) is 10.6. The van der Waals surface area contributed by atoms with E-state index in [1.807, 2.05) is 0 Å². The molecule has 0 saturated heterocycles. The maximum absolute atomic E-state index is 12.6. The summed E-state index contributed by atoms with van der Waals surface area (Å²) in [5.41, 5.74) is 5.10. The van der Waals surface area contributed by atoms with Crippen LogP contribution in [0, 0.1) is 0 Å². The first-order valence-corrected chi connectivity index (χ1v) is 4.61. The van der Waals surface area contributed by atoms with Crippen LogP contribution in [0.1, 0.15) is 29.3 Å². The molecule has 14 heavy (non-hydrogen) atoms. The van der Waals surface area contributed by atoms with Crippen LogP contribution in [0.3, 0.4) is 0 Å². The molecule has 1 aromatic carbocycles. The molecule has 0 atom stereocenters. The lowest BCUT2D eigenvalue weighted by Crippen LogP contribution is -2.06. The van der Waals surface area contributed by atoms with Crippen molar-refractivity contribution in [3.63, 3.8) is 0 Å². The Bertz CT molecular complexity index is 379. The number of hydrogen-bond donors (Lipinski definition) is 1. The Hall–Kier alpha value is -0.970. The number of nitrogen functional groups attached to an aromatic ring is 1. The fraction of sp³-hybridized carbons (Fsp3) is 0.222. The summed E-state index contributed by atoms with van der Waals surface area (Å²) in [4.78, 5) is 11.1. The lowest BCUT2D eigenvalue weighted by Gasteiger charge is -2.10. The van der Waals surface area contributed by atoms with E-state index >= 15 is 0 Å². The van der Waals surface area contributed by atoms with Crippen molar-refractivity contribution < 1.29 is 13.6 Å². The van der Waals surface area contributed by atoms with Crippen LogP contribution in [-0.4, -0.2) is 5.78 Å². The summed E-state index contributed by atoms with van der Waals surface area (Å²) in [5, 5.41) is 0. The monoisotopic (exact) mass is 263 g/mol. The summed E-state index contributed by atoms with van der Waals surface area (Å²) < 4.78 is 25.4. The molecule has 0 aromatic heterocycles. The number of carbonyl (C=O) groups excluding carboxylic acids is 1. The van der Waals surface area contributed by atoms with Crippen LogP contribution in [0.2, 0.25) is 0 Å². The van der Waals surface area contributed by atoms with Gasteiger partial charge in [0, 0.05) is 15.7 Å². The van der Waals surface area contributed by atoms with Gasteiger partial charge in [-0.05, 0) is 19.1 Å². The van der Waals surface area contributed by atoms with Gasteiger partial charge in [-0.25, -0.2) is 8.78 Å². The van der Waals surface area contributed by atoms with Gasteiger partial charge in [-0.1, -0.05) is 15.9 Å². The molecule has 1 rings (SSSR count). The van der Waals surface area contributed by atoms with Crippen LogP contribution >= 0.6 is 15.9 Å². The molecule has 0 bridgehead atoms. The van der Waals surface area contributed by atoms with Gasteiger partial charge in [0.1, 0.15) is 0 Å². The van der Waals surface area contributed by atoms with E-state index in [1.54, 1.807) is 0 Å². The Kier molecular flexibility index (Phi) is 3.21. The van der Waals surface area contributed by atoms with Crippen molar-refractivity contribution in [2.75, 3.05) is 5.73 Å². The van der Waals surface area contributed by atoms with Gasteiger partial charge >= 0.3 is 0 Å². The highest BCUT2D eigenvalue weighted by Gasteiger charge is 2.21. The van der Waals surface area contributed by atoms with Gasteiger partial charge in [0.2, 0.25) is 0 Å². The molecule has 0 amide bonds. The molecule has 0 saturated carbocycles. The predicted molar refractivity (Wildman–Crippen MR) is 53.5 cm³/mol. The zero-order valence-corrected chi connectivity index (χ0v) is 8.94. The molecule has 0 heterocycles. The van der Waals surface area contributed by atoms with Crippen LogP contribution in [-0.2, 0) is 0 Å². The number of halogens is 3. The number of hydrogen-bond acceptors (Lipinski definition) is 2. The molecule has 76 valence electrons. The average molecular weight is 264 g/mol. The molecule has 1 aromatic rings. The van der Waals surface area contributed by atoms with Gasteiger partial charge in [-0.3, -0.25) is 4.79 Å². The summed E-state index contributed by atoms with van der Waals surface area (Å²) in [6.45, 7) is 1.21. The van der Waals surface area contributed by atoms with E-state index in [0.717, 1.165) is 0 Å². The van der Waals surface area contributed by atoms with Crippen molar-refractivity contribution in [3.05, 3.63) is 27.7 Å². The number of anilines is 1. The summed E-state index contributed by atoms with van der Waals surface area (Å²) in [6.07, 6.45) is -2.72. The molecule has 0 aliphatic rings. The lowest BCUT2D eigenvalue weighted by molar-refractivity contribution is 0.0999. The van der Waals surface area contributed by atoms with Crippen molar-refractivity contribution in [2.45, 2.75) is 13.3 Å². The van der Waals surface area contributed by atoms with Crippen LogP contribution in [0.25, 0.3) is 0 Å². The number of Topliss-reactive ketones (excluding diaryl/α,β-unsaturated/α-hetero) is 1. The van der Waals surface area contributed by atoms with E-state index in [1.165, 1.54) is 19.1 Å². The molecule has 0 fully saturated rings. The fourth-order valence-electron chi connectivity index (χ4n) is 1.22. The third-order valence-electron chi connectivity index (χ3n) is 1.79. The summed E-state index contributed by atoms with van der Waals surface area (Å²) in [5.74, 6) is -0.459. The highest BCUT2D eigenvalue weighted by Crippen LogP contribution is 2.33. The zero-order valence-electron chi connectivity index (χ0n) is 7.35. The third-order valence-corrected chi connectivity index (χ3v) is 2.49. The van der Waals surface area contributed by atoms with Gasteiger partial charge in [-0.2, -0.15) is 0 Å². The van der Waals surface area contributed by atoms with E-state index in [-0.39, 0.29) is 21.3 Å². The first kappa shape index (κ1) is 11.1. The average Bonchev–Trinajstić information content (AvgIpc) is 2.07. The molecular weight excluding hydrogens is 256 g/mol. The minimum absolute atomic E-state index is 0.0796. The SMILES string of the molecule is CC(=O)c1c(N)ccc(Br)c1C(F)F. The Morgan fingerprint density at radius 3 is 2.43 bits per heavy atom. The van der Waals surface area contributed by atoms with Crippen molar-refractivity contribution in [1.29, 1.82) is 0 Å². The second-order valence-corrected chi connectivity index (χ2v) is 3.64. The van der Waals surface area contributed by atoms with E-state index in [9.17, 15) is 13.6 Å². The number of rotatable bonds is 2. The molecule has 5 heteroatoms. The number of nitrogens with two attached hydrogens (primary N) is 1. The second-order valence-electron chi connectivity index (χ2n) is 2.78. The number of ketones is 1. The highest BCUT2D eigenvalue weighted by atomic mass is 79.9. The van der Waals surface area contributed by atoms with Crippen LogP contribution in [0.4, 0.5) is 14.5 Å². The van der Waals surface area contributed by atoms with Crippen LogP contribution in [0.5, 0.6) is 0 Å². The minimum Gasteiger partial charge on any atom is -0.398 e. The van der Waals surface area contributed by atoms with Gasteiger partial charge in [0.15, 0.2) is 5.78 Å². The summed E-state index contributed by atoms with van der Waals surface area (Å²) >= 11 is 2.96. The number of carbonyl (C=O) groups is 1. The van der Waals surface area contributed by atoms with Crippen LogP contribution < -0.4 is 5.73 Å². The molecule has 2 N–H and O–H groups in total. The van der Waals surface area contributed by atoms with Crippen molar-refractivity contribution >= 4 is 27.4 Å². The van der Waals surface area contributed by atoms with Gasteiger partial charge in [0.25, 0.3) is 6.43 Å². The standard InChI is InChI=1S/C9H8BrF2NO/c1-4(14)7-6(13)3-2-5(10)8(7)9(11)12/h2-3,9H,13H2,1H3. The summed E-state index contributed by atoms with van der Waals surface area (Å²) in [6, 6.07) is 2.83. The Labute approximate surface area is 88.2 Å². The van der Waals surface area contributed by atoms with Crippen LogP contribution in [0.15, 0.2) is 16.6 Å². The lowest BCUT2D eigenvalue weighted by atomic mass is 10.0. The van der Waals surface area contributed by atoms with Gasteiger partial charge in [-0.15, -0.1) is 0 Å². The predicted octanol–water partition coefficient (Wildman–Crippen LogP) is 3.17. The molecule has 0 spiro atoms. The first-order valence-electron chi connectivity index (χ1n) is 3.82. The van der Waals surface area contributed by atoms with Gasteiger partial charge < -0.3 is 5.73 Å². The molecular formula is C9H8BrF2NO. The first-order chi connectivity index (χ1) is 6.45. The minimum atomic E-state index is -2.72. The molecule has 0 aliphatic heterocycles. The van der Waals surface area contributed by atoms with E-state index in [2.05, 4.69) is 15.9 Å². The Morgan fingerprint density at radius 2 is 2.07 bits per heavy atom. The molecule has 0 radical (unpaired) electrons. The van der Waals surface area contributed by atoms with E-state index in [4.69, 9.17) is 5.73 Å². The highest BCUT2D eigenvalue weighted by molar-refractivity contribution is 9.10. The number of alkyl halides is 2. The second kappa shape index (κ2) is 4.04. The summed E-state index contributed by atoms with van der Waals surface area (Å²) in [7, 11) is 0. The van der Waals surface area contributed by atoms with E-state index in [0.29, 0.717) is 0 Å². The molecule has 0 aliphatic carbocycles. The topological polar surface area (TPSA) is 43.1 Å². The van der Waals surface area contributed by atoms with E-state index < -0.39 is 12.2 Å². The molecule has 2 nitrogen and oxygen atoms in total. The fourth-order valence-corrected chi connectivity index (χ4v) is 1.72. The smallest absolute Gasteiger partial charge is 0.265 e. The third kappa shape index (κ3) is 1.92. The molecule has 0 unspecified atom stereocenters. The quantitative estimate of drug-likeness (QED) is 0.658. The van der Waals surface area contributed by atoms with Crippen molar-refractivity contribution in [3.8, 4) is 0 Å². The maximum atomic E-state index is 12.6. The van der Waals surface area contributed by atoms with Crippen molar-refractivity contribution in [2.24, 2.45) is 0 Å². The Morgan fingerprint density at radius 1 is 1.50 bits per heavy atom. The zero-order chi connectivity index (χ0) is 10.9.